The second kappa shape index (κ2) is 11.2. The molecule has 0 saturated heterocycles. The van der Waals surface area contributed by atoms with Gasteiger partial charge in [0, 0.05) is 26.6 Å². The van der Waals surface area contributed by atoms with E-state index in [0.717, 1.165) is 5.56 Å². The van der Waals surface area contributed by atoms with Crippen LogP contribution in [0.15, 0.2) is 54.6 Å². The Kier molecular flexibility index (Phi) is 8.65. The van der Waals surface area contributed by atoms with E-state index < -0.39 is 6.04 Å². The molecule has 0 radical (unpaired) electrons. The van der Waals surface area contributed by atoms with Gasteiger partial charge in [0.2, 0.25) is 11.8 Å². The van der Waals surface area contributed by atoms with Gasteiger partial charge in [-0.3, -0.25) is 9.59 Å². The standard InChI is InChI=1S/C23H30FN3O2/c1-17(2)16-21(28)26-22(18-10-5-4-6-11-18)23(29)25-14-9-15-27(3)20-13-8-7-12-19(20)24/h4-8,10-13,17,22H,9,14-16H2,1-3H3,(H,25,29)(H,26,28). The quantitative estimate of drug-likeness (QED) is 0.599. The van der Waals surface area contributed by atoms with E-state index in [1.807, 2.05) is 56.1 Å². The molecular formula is C23H30FN3O2. The van der Waals surface area contributed by atoms with Gasteiger partial charge >= 0.3 is 0 Å². The number of para-hydroxylation sites is 1. The van der Waals surface area contributed by atoms with Gasteiger partial charge in [0.25, 0.3) is 0 Å². The van der Waals surface area contributed by atoms with Gasteiger partial charge in [-0.25, -0.2) is 4.39 Å². The maximum atomic E-state index is 13.8. The first kappa shape index (κ1) is 22.4. The molecule has 0 aliphatic rings. The van der Waals surface area contributed by atoms with Gasteiger partial charge in [0.05, 0.1) is 5.69 Å². The topological polar surface area (TPSA) is 61.4 Å². The first-order chi connectivity index (χ1) is 13.9. The number of carbonyl (C=O) groups excluding carboxylic acids is 2. The number of hydrogen-bond donors (Lipinski definition) is 2. The zero-order valence-corrected chi connectivity index (χ0v) is 17.3. The number of rotatable bonds is 10. The summed E-state index contributed by atoms with van der Waals surface area (Å²) in [5.41, 5.74) is 1.27. The predicted molar refractivity (Wildman–Crippen MR) is 114 cm³/mol. The number of benzene rings is 2. The van der Waals surface area contributed by atoms with Gasteiger partial charge in [-0.05, 0) is 30.0 Å². The molecule has 5 nitrogen and oxygen atoms in total. The Morgan fingerprint density at radius 2 is 1.69 bits per heavy atom. The summed E-state index contributed by atoms with van der Waals surface area (Å²) in [5, 5.41) is 5.72. The molecule has 0 heterocycles. The highest BCUT2D eigenvalue weighted by atomic mass is 19.1. The van der Waals surface area contributed by atoms with E-state index in [2.05, 4.69) is 10.6 Å². The van der Waals surface area contributed by atoms with Gasteiger partial charge in [-0.15, -0.1) is 0 Å². The summed E-state index contributed by atoms with van der Waals surface area (Å²) in [6.45, 7) is 4.95. The Bertz CT molecular complexity index is 796. The fourth-order valence-electron chi connectivity index (χ4n) is 3.05. The van der Waals surface area contributed by atoms with Crippen molar-refractivity contribution < 1.29 is 14.0 Å². The highest BCUT2D eigenvalue weighted by Crippen LogP contribution is 2.17. The third-order valence-electron chi connectivity index (χ3n) is 4.53. The lowest BCUT2D eigenvalue weighted by molar-refractivity contribution is -0.129. The Morgan fingerprint density at radius 1 is 1.03 bits per heavy atom. The van der Waals surface area contributed by atoms with Crippen molar-refractivity contribution in [3.05, 3.63) is 66.0 Å². The van der Waals surface area contributed by atoms with E-state index >= 15 is 0 Å². The van der Waals surface area contributed by atoms with Crippen molar-refractivity contribution in [1.82, 2.24) is 10.6 Å². The lowest BCUT2D eigenvalue weighted by atomic mass is 10.0. The first-order valence-electron chi connectivity index (χ1n) is 9.96. The highest BCUT2D eigenvalue weighted by molar-refractivity contribution is 5.88. The van der Waals surface area contributed by atoms with Crippen molar-refractivity contribution in [3.8, 4) is 0 Å². The van der Waals surface area contributed by atoms with Crippen LogP contribution in [-0.4, -0.2) is 32.0 Å². The lowest BCUT2D eigenvalue weighted by Gasteiger charge is -2.21. The molecule has 0 fully saturated rings. The summed E-state index contributed by atoms with van der Waals surface area (Å²) in [5.74, 6) is -0.454. The highest BCUT2D eigenvalue weighted by Gasteiger charge is 2.22. The summed E-state index contributed by atoms with van der Waals surface area (Å²) < 4.78 is 13.8. The SMILES string of the molecule is CC(C)CC(=O)NC(C(=O)NCCCN(C)c1ccccc1F)c1ccccc1. The third kappa shape index (κ3) is 7.22. The van der Waals surface area contributed by atoms with E-state index in [4.69, 9.17) is 0 Å². The molecule has 6 heteroatoms. The molecule has 1 unspecified atom stereocenters. The largest absolute Gasteiger partial charge is 0.372 e. The molecule has 0 aliphatic heterocycles. The maximum Gasteiger partial charge on any atom is 0.247 e. The van der Waals surface area contributed by atoms with E-state index in [1.54, 1.807) is 18.2 Å². The zero-order valence-electron chi connectivity index (χ0n) is 17.3. The first-order valence-corrected chi connectivity index (χ1v) is 9.96. The summed E-state index contributed by atoms with van der Waals surface area (Å²) in [6, 6.07) is 15.1. The number of hydrogen-bond acceptors (Lipinski definition) is 3. The zero-order chi connectivity index (χ0) is 21.2. The number of carbonyl (C=O) groups is 2. The normalized spacial score (nSPS) is 11.8. The average Bonchev–Trinajstić information content (AvgIpc) is 2.69. The molecule has 0 aliphatic carbocycles. The molecule has 0 spiro atoms. The maximum absolute atomic E-state index is 13.8. The number of nitrogens with one attached hydrogen (secondary N) is 2. The number of halogens is 1. The van der Waals surface area contributed by atoms with Gasteiger partial charge in [0.15, 0.2) is 0 Å². The van der Waals surface area contributed by atoms with Crippen molar-refractivity contribution in [1.29, 1.82) is 0 Å². The lowest BCUT2D eigenvalue weighted by Crippen LogP contribution is -2.41. The van der Waals surface area contributed by atoms with Gasteiger partial charge < -0.3 is 15.5 Å². The molecule has 0 aromatic heterocycles. The second-order valence-corrected chi connectivity index (χ2v) is 7.53. The minimum absolute atomic E-state index is 0.150. The van der Waals surface area contributed by atoms with Crippen molar-refractivity contribution in [2.24, 2.45) is 5.92 Å². The van der Waals surface area contributed by atoms with Crippen molar-refractivity contribution in [2.45, 2.75) is 32.7 Å². The summed E-state index contributed by atoms with van der Waals surface area (Å²) in [6.07, 6.45) is 1.02. The van der Waals surface area contributed by atoms with Gasteiger partial charge in [0.1, 0.15) is 11.9 Å². The van der Waals surface area contributed by atoms with Crippen molar-refractivity contribution in [2.75, 3.05) is 25.0 Å². The Morgan fingerprint density at radius 3 is 2.34 bits per heavy atom. The summed E-state index contributed by atoms with van der Waals surface area (Å²) >= 11 is 0. The molecular weight excluding hydrogens is 369 g/mol. The molecule has 0 bridgehead atoms. The van der Waals surface area contributed by atoms with Crippen LogP contribution in [0.2, 0.25) is 0 Å². The smallest absolute Gasteiger partial charge is 0.247 e. The van der Waals surface area contributed by atoms with Crippen LogP contribution in [0.5, 0.6) is 0 Å². The van der Waals surface area contributed by atoms with Crippen LogP contribution in [0.25, 0.3) is 0 Å². The minimum atomic E-state index is -0.730. The Labute approximate surface area is 172 Å². The van der Waals surface area contributed by atoms with E-state index in [9.17, 15) is 14.0 Å². The van der Waals surface area contributed by atoms with E-state index in [-0.39, 0.29) is 23.5 Å². The Balaban J connectivity index is 1.90. The minimum Gasteiger partial charge on any atom is -0.372 e. The Hall–Kier alpha value is -2.89. The van der Waals surface area contributed by atoms with Crippen molar-refractivity contribution in [3.63, 3.8) is 0 Å². The van der Waals surface area contributed by atoms with E-state index in [1.165, 1.54) is 6.07 Å². The van der Waals surface area contributed by atoms with Crippen LogP contribution in [0.3, 0.4) is 0 Å². The fourth-order valence-corrected chi connectivity index (χ4v) is 3.05. The van der Waals surface area contributed by atoms with Crippen LogP contribution in [-0.2, 0) is 9.59 Å². The van der Waals surface area contributed by atoms with Crippen molar-refractivity contribution >= 4 is 17.5 Å². The molecule has 156 valence electrons. The van der Waals surface area contributed by atoms with Crippen LogP contribution in [0.1, 0.15) is 38.3 Å². The molecule has 1 atom stereocenters. The molecule has 2 aromatic carbocycles. The molecule has 2 N–H and O–H groups in total. The fraction of sp³-hybridized carbons (Fsp3) is 0.391. The molecule has 2 aromatic rings. The van der Waals surface area contributed by atoms with Crippen LogP contribution < -0.4 is 15.5 Å². The molecule has 29 heavy (non-hydrogen) atoms. The number of amides is 2. The molecule has 2 amide bonds. The molecule has 2 rings (SSSR count). The van der Waals surface area contributed by atoms with Gasteiger partial charge in [-0.2, -0.15) is 0 Å². The summed E-state index contributed by atoms with van der Waals surface area (Å²) in [7, 11) is 1.82. The van der Waals surface area contributed by atoms with Gasteiger partial charge in [-0.1, -0.05) is 56.3 Å². The third-order valence-corrected chi connectivity index (χ3v) is 4.53. The van der Waals surface area contributed by atoms with E-state index in [0.29, 0.717) is 31.6 Å². The molecule has 0 saturated carbocycles. The second-order valence-electron chi connectivity index (χ2n) is 7.53. The number of anilines is 1. The average molecular weight is 400 g/mol. The monoisotopic (exact) mass is 399 g/mol. The number of nitrogens with zero attached hydrogens (tertiary/aromatic N) is 1. The van der Waals surface area contributed by atoms with Crippen LogP contribution in [0.4, 0.5) is 10.1 Å². The predicted octanol–water partition coefficient (Wildman–Crippen LogP) is 3.67. The van der Waals surface area contributed by atoms with Crippen LogP contribution >= 0.6 is 0 Å². The van der Waals surface area contributed by atoms with Crippen LogP contribution in [0, 0.1) is 11.7 Å². The summed E-state index contributed by atoms with van der Waals surface area (Å²) in [4.78, 5) is 26.8.